The molecule has 0 aliphatic carbocycles. The van der Waals surface area contributed by atoms with Gasteiger partial charge in [0.2, 0.25) is 5.91 Å². The van der Waals surface area contributed by atoms with Crippen LogP contribution in [0.5, 0.6) is 5.75 Å². The minimum Gasteiger partial charge on any atom is -0.491 e. The van der Waals surface area contributed by atoms with Crippen LogP contribution >= 0.6 is 0 Å². The van der Waals surface area contributed by atoms with E-state index in [1.807, 2.05) is 42.5 Å². The number of anilines is 1. The van der Waals surface area contributed by atoms with Gasteiger partial charge in [-0.1, -0.05) is 61.5 Å². The molecule has 3 heteroatoms. The van der Waals surface area contributed by atoms with E-state index in [2.05, 4.69) is 36.5 Å². The van der Waals surface area contributed by atoms with Gasteiger partial charge in [-0.3, -0.25) is 4.79 Å². The maximum absolute atomic E-state index is 12.4. The number of para-hydroxylation sites is 2. The minimum atomic E-state index is -0.0437. The number of hydrogen-bond donors (Lipinski definition) is 1. The van der Waals surface area contributed by atoms with Gasteiger partial charge in [0, 0.05) is 0 Å². The fourth-order valence-corrected chi connectivity index (χ4v) is 2.64. The van der Waals surface area contributed by atoms with E-state index in [-0.39, 0.29) is 5.91 Å². The van der Waals surface area contributed by atoms with Crippen molar-refractivity contribution in [2.24, 2.45) is 0 Å². The number of fused-ring (bicyclic) bond motifs is 1. The molecule has 0 bridgehead atoms. The zero-order valence-corrected chi connectivity index (χ0v) is 13.8. The van der Waals surface area contributed by atoms with Crippen molar-refractivity contribution in [1.82, 2.24) is 0 Å². The lowest BCUT2D eigenvalue weighted by molar-refractivity contribution is -0.115. The maximum Gasteiger partial charge on any atom is 0.228 e. The Morgan fingerprint density at radius 2 is 1.71 bits per heavy atom. The van der Waals surface area contributed by atoms with Crippen LogP contribution in [0, 0.1) is 0 Å². The first kappa shape index (κ1) is 16.1. The van der Waals surface area contributed by atoms with Crippen molar-refractivity contribution < 1.29 is 9.53 Å². The number of amides is 1. The lowest BCUT2D eigenvalue weighted by Gasteiger charge is -2.12. The second-order valence-electron chi connectivity index (χ2n) is 5.75. The number of benzene rings is 3. The fourth-order valence-electron chi connectivity index (χ4n) is 2.64. The molecule has 0 aromatic heterocycles. The Morgan fingerprint density at radius 3 is 2.54 bits per heavy atom. The Bertz CT molecular complexity index is 842. The lowest BCUT2D eigenvalue weighted by atomic mass is 10.0. The fraction of sp³-hybridized carbons (Fsp3) is 0.190. The van der Waals surface area contributed by atoms with Gasteiger partial charge in [-0.05, 0) is 34.9 Å². The van der Waals surface area contributed by atoms with E-state index in [0.29, 0.717) is 18.8 Å². The lowest BCUT2D eigenvalue weighted by Crippen LogP contribution is -2.15. The van der Waals surface area contributed by atoms with Crippen LogP contribution in [0.4, 0.5) is 5.69 Å². The molecule has 0 saturated carbocycles. The molecule has 1 N–H and O–H groups in total. The van der Waals surface area contributed by atoms with Crippen LogP contribution in [-0.2, 0) is 11.2 Å². The molecule has 3 aromatic rings. The highest BCUT2D eigenvalue weighted by Gasteiger charge is 2.08. The van der Waals surface area contributed by atoms with Crippen LogP contribution in [0.15, 0.2) is 66.7 Å². The molecule has 0 unspecified atom stereocenters. The van der Waals surface area contributed by atoms with Crippen LogP contribution in [0.2, 0.25) is 0 Å². The van der Waals surface area contributed by atoms with Crippen molar-refractivity contribution in [2.45, 2.75) is 19.8 Å². The average Bonchev–Trinajstić information content (AvgIpc) is 2.61. The first-order valence-corrected chi connectivity index (χ1v) is 8.25. The van der Waals surface area contributed by atoms with Crippen molar-refractivity contribution in [3.63, 3.8) is 0 Å². The van der Waals surface area contributed by atoms with Crippen molar-refractivity contribution in [3.8, 4) is 5.75 Å². The molecule has 0 saturated heterocycles. The smallest absolute Gasteiger partial charge is 0.228 e. The van der Waals surface area contributed by atoms with Crippen molar-refractivity contribution in [1.29, 1.82) is 0 Å². The number of ether oxygens (including phenoxy) is 1. The normalized spacial score (nSPS) is 10.5. The summed E-state index contributed by atoms with van der Waals surface area (Å²) in [5.74, 6) is 0.670. The predicted octanol–water partition coefficient (Wildman–Crippen LogP) is 4.81. The van der Waals surface area contributed by atoms with E-state index < -0.39 is 0 Å². The first-order valence-electron chi connectivity index (χ1n) is 8.25. The topological polar surface area (TPSA) is 38.3 Å². The summed E-state index contributed by atoms with van der Waals surface area (Å²) < 4.78 is 5.68. The molecule has 0 atom stereocenters. The molecule has 122 valence electrons. The van der Waals surface area contributed by atoms with Gasteiger partial charge in [-0.25, -0.2) is 0 Å². The van der Waals surface area contributed by atoms with Gasteiger partial charge in [0.25, 0.3) is 0 Å². The molecule has 1 amide bonds. The van der Waals surface area contributed by atoms with E-state index in [4.69, 9.17) is 4.74 Å². The Kier molecular flexibility index (Phi) is 5.12. The number of hydrogen-bond acceptors (Lipinski definition) is 2. The van der Waals surface area contributed by atoms with E-state index >= 15 is 0 Å². The summed E-state index contributed by atoms with van der Waals surface area (Å²) >= 11 is 0. The zero-order valence-electron chi connectivity index (χ0n) is 13.8. The molecule has 0 aliphatic heterocycles. The Labute approximate surface area is 142 Å². The maximum atomic E-state index is 12.4. The van der Waals surface area contributed by atoms with E-state index in [0.717, 1.165) is 23.1 Å². The van der Waals surface area contributed by atoms with Gasteiger partial charge < -0.3 is 10.1 Å². The molecule has 3 aromatic carbocycles. The van der Waals surface area contributed by atoms with Crippen LogP contribution in [0.3, 0.4) is 0 Å². The Balaban J connectivity index is 1.71. The van der Waals surface area contributed by atoms with Crippen LogP contribution in [-0.4, -0.2) is 12.5 Å². The standard InChI is InChI=1S/C21H21NO2/c1-2-13-24-20-10-6-5-9-19(20)22-21(23)15-16-11-12-17-7-3-4-8-18(17)14-16/h3-12,14H,2,13,15H2,1H3,(H,22,23). The second-order valence-corrected chi connectivity index (χ2v) is 5.75. The summed E-state index contributed by atoms with van der Waals surface area (Å²) in [6, 6.07) is 21.8. The largest absolute Gasteiger partial charge is 0.491 e. The van der Waals surface area contributed by atoms with Crippen LogP contribution in [0.25, 0.3) is 10.8 Å². The third kappa shape index (κ3) is 3.93. The van der Waals surface area contributed by atoms with Gasteiger partial charge in [0.05, 0.1) is 18.7 Å². The van der Waals surface area contributed by atoms with Gasteiger partial charge in [-0.2, -0.15) is 0 Å². The zero-order chi connectivity index (χ0) is 16.8. The SMILES string of the molecule is CCCOc1ccccc1NC(=O)Cc1ccc2ccccc2c1. The molecule has 0 spiro atoms. The summed E-state index contributed by atoms with van der Waals surface area (Å²) in [5.41, 5.74) is 1.72. The summed E-state index contributed by atoms with van der Waals surface area (Å²) in [6.45, 7) is 2.69. The highest BCUT2D eigenvalue weighted by atomic mass is 16.5. The van der Waals surface area contributed by atoms with Crippen LogP contribution in [0.1, 0.15) is 18.9 Å². The number of carbonyl (C=O) groups is 1. The molecule has 0 fully saturated rings. The summed E-state index contributed by atoms with van der Waals surface area (Å²) in [6.07, 6.45) is 1.27. The third-order valence-electron chi connectivity index (χ3n) is 3.80. The van der Waals surface area contributed by atoms with Crippen molar-refractivity contribution in [3.05, 3.63) is 72.3 Å². The predicted molar refractivity (Wildman–Crippen MR) is 98.5 cm³/mol. The molecular weight excluding hydrogens is 298 g/mol. The second kappa shape index (κ2) is 7.64. The number of carbonyl (C=O) groups excluding carboxylic acids is 1. The van der Waals surface area contributed by atoms with Crippen LogP contribution < -0.4 is 10.1 Å². The van der Waals surface area contributed by atoms with Crippen molar-refractivity contribution in [2.75, 3.05) is 11.9 Å². The van der Waals surface area contributed by atoms with E-state index in [9.17, 15) is 4.79 Å². The molecule has 0 radical (unpaired) electrons. The number of rotatable bonds is 6. The van der Waals surface area contributed by atoms with Gasteiger partial charge >= 0.3 is 0 Å². The highest BCUT2D eigenvalue weighted by molar-refractivity contribution is 5.94. The van der Waals surface area contributed by atoms with Gasteiger partial charge in [0.15, 0.2) is 0 Å². The number of nitrogens with one attached hydrogen (secondary N) is 1. The van der Waals surface area contributed by atoms with Gasteiger partial charge in [-0.15, -0.1) is 0 Å². The summed E-state index contributed by atoms with van der Waals surface area (Å²) in [5, 5.41) is 5.28. The van der Waals surface area contributed by atoms with Crippen molar-refractivity contribution >= 4 is 22.4 Å². The Hall–Kier alpha value is -2.81. The molecular formula is C21H21NO2. The van der Waals surface area contributed by atoms with Gasteiger partial charge in [0.1, 0.15) is 5.75 Å². The highest BCUT2D eigenvalue weighted by Crippen LogP contribution is 2.24. The third-order valence-corrected chi connectivity index (χ3v) is 3.80. The Morgan fingerprint density at radius 1 is 0.958 bits per heavy atom. The molecule has 3 nitrogen and oxygen atoms in total. The van der Waals surface area contributed by atoms with E-state index in [1.165, 1.54) is 5.39 Å². The summed E-state index contributed by atoms with van der Waals surface area (Å²) in [7, 11) is 0. The molecule has 0 aliphatic rings. The van der Waals surface area contributed by atoms with E-state index in [1.54, 1.807) is 0 Å². The summed E-state index contributed by atoms with van der Waals surface area (Å²) in [4.78, 5) is 12.4. The molecule has 0 heterocycles. The molecule has 3 rings (SSSR count). The first-order chi connectivity index (χ1) is 11.8. The molecule has 24 heavy (non-hydrogen) atoms. The quantitative estimate of drug-likeness (QED) is 0.708. The average molecular weight is 319 g/mol. The minimum absolute atomic E-state index is 0.0437. The monoisotopic (exact) mass is 319 g/mol.